The Hall–Kier alpha value is -1.35. The molecular weight excluding hydrogens is 319 g/mol. The fourth-order valence-electron chi connectivity index (χ4n) is 1.34. The quantitative estimate of drug-likeness (QED) is 0.550. The van der Waals surface area contributed by atoms with Crippen LogP contribution in [0.4, 0.5) is 0 Å². The van der Waals surface area contributed by atoms with Crippen LogP contribution in [0.3, 0.4) is 0 Å². The van der Waals surface area contributed by atoms with Gasteiger partial charge in [0.1, 0.15) is 0 Å². The molecule has 0 amide bonds. The van der Waals surface area contributed by atoms with Crippen molar-refractivity contribution < 1.29 is 9.59 Å². The molecule has 0 saturated heterocycles. The van der Waals surface area contributed by atoms with Crippen LogP contribution in [0.1, 0.15) is 27.6 Å². The third-order valence-corrected chi connectivity index (χ3v) is 3.19. The summed E-state index contributed by atoms with van der Waals surface area (Å²) >= 11 is 16.9. The highest BCUT2D eigenvalue weighted by atomic mass is 35.5. The van der Waals surface area contributed by atoms with Crippen LogP contribution in [-0.2, 0) is 0 Å². The van der Waals surface area contributed by atoms with Crippen LogP contribution in [0.25, 0.3) is 0 Å². The number of benzene rings is 2. The molecule has 0 fully saturated rings. The molecule has 0 radical (unpaired) electrons. The predicted octanol–water partition coefficient (Wildman–Crippen LogP) is 5.35. The highest BCUT2D eigenvalue weighted by Crippen LogP contribution is 2.27. The highest BCUT2D eigenvalue weighted by molar-refractivity contribution is 6.41. The summed E-state index contributed by atoms with van der Waals surface area (Å²) in [4.78, 5) is 21.0. The van der Waals surface area contributed by atoms with Crippen LogP contribution < -0.4 is 0 Å². The molecule has 0 bridgehead atoms. The Morgan fingerprint density at radius 3 is 1.85 bits per heavy atom. The van der Waals surface area contributed by atoms with Gasteiger partial charge in [-0.3, -0.25) is 9.59 Å². The van der Waals surface area contributed by atoms with Gasteiger partial charge in [0.05, 0.1) is 15.6 Å². The molecule has 0 N–H and O–H groups in total. The molecule has 104 valence electrons. The fourth-order valence-corrected chi connectivity index (χ4v) is 2.24. The Kier molecular flexibility index (Phi) is 6.73. The molecule has 0 unspecified atom stereocenters. The molecule has 2 aromatic rings. The Balaban J connectivity index is 0.000000204. The summed E-state index contributed by atoms with van der Waals surface area (Å²) in [7, 11) is 0. The first-order chi connectivity index (χ1) is 9.45. The van der Waals surface area contributed by atoms with Crippen LogP contribution in [0.15, 0.2) is 42.5 Å². The van der Waals surface area contributed by atoms with E-state index in [-0.39, 0.29) is 21.4 Å². The second-order valence-corrected chi connectivity index (χ2v) is 5.07. The first-order valence-electron chi connectivity index (χ1n) is 5.61. The third-order valence-electron chi connectivity index (χ3n) is 2.34. The van der Waals surface area contributed by atoms with Crippen LogP contribution in [0.2, 0.25) is 15.1 Å². The van der Waals surface area contributed by atoms with Crippen molar-refractivity contribution >= 4 is 46.9 Å². The molecule has 2 rings (SSSR count). The average Bonchev–Trinajstić information content (AvgIpc) is 2.40. The maximum Gasteiger partial charge on any atom is 0.159 e. The van der Waals surface area contributed by atoms with Gasteiger partial charge >= 0.3 is 0 Å². The maximum absolute atomic E-state index is 10.6. The van der Waals surface area contributed by atoms with E-state index in [1.54, 1.807) is 6.92 Å². The molecule has 0 aliphatic carbocycles. The van der Waals surface area contributed by atoms with Gasteiger partial charge in [-0.05, 0) is 19.1 Å². The van der Waals surface area contributed by atoms with E-state index in [2.05, 4.69) is 0 Å². The van der Waals surface area contributed by atoms with Crippen molar-refractivity contribution in [2.45, 2.75) is 6.92 Å². The van der Waals surface area contributed by atoms with Crippen molar-refractivity contribution in [2.75, 3.05) is 0 Å². The van der Waals surface area contributed by atoms with Crippen LogP contribution in [0.5, 0.6) is 0 Å². The summed E-state index contributed by atoms with van der Waals surface area (Å²) in [6.07, 6.45) is 0.598. The zero-order valence-corrected chi connectivity index (χ0v) is 12.8. The number of carbonyl (C=O) groups is 2. The van der Waals surface area contributed by atoms with Gasteiger partial charge in [-0.25, -0.2) is 0 Å². The van der Waals surface area contributed by atoms with Gasteiger partial charge in [0.15, 0.2) is 12.1 Å². The monoisotopic (exact) mass is 328 g/mol. The normalized spacial score (nSPS) is 9.40. The van der Waals surface area contributed by atoms with E-state index in [0.29, 0.717) is 11.3 Å². The van der Waals surface area contributed by atoms with E-state index < -0.39 is 0 Å². The Bertz CT molecular complexity index is 587. The number of halogens is 3. The molecule has 0 aromatic heterocycles. The first-order valence-corrected chi connectivity index (χ1v) is 6.74. The van der Waals surface area contributed by atoms with Gasteiger partial charge in [0.2, 0.25) is 0 Å². The molecule has 20 heavy (non-hydrogen) atoms. The zero-order chi connectivity index (χ0) is 15.1. The third kappa shape index (κ3) is 4.97. The maximum atomic E-state index is 10.6. The molecule has 2 nitrogen and oxygen atoms in total. The predicted molar refractivity (Wildman–Crippen MR) is 83.3 cm³/mol. The minimum atomic E-state index is 0.121. The van der Waals surface area contributed by atoms with Gasteiger partial charge in [0.25, 0.3) is 0 Å². The Morgan fingerprint density at radius 2 is 1.50 bits per heavy atom. The minimum Gasteiger partial charge on any atom is -0.298 e. The van der Waals surface area contributed by atoms with E-state index in [1.165, 1.54) is 12.1 Å². The minimum absolute atomic E-state index is 0.121. The summed E-state index contributed by atoms with van der Waals surface area (Å²) in [5.74, 6) is 0.121. The van der Waals surface area contributed by atoms with Crippen LogP contribution >= 0.6 is 34.8 Å². The molecular formula is C15H11Cl3O2. The molecule has 0 spiro atoms. The van der Waals surface area contributed by atoms with Crippen molar-refractivity contribution in [1.29, 1.82) is 0 Å². The fraction of sp³-hybridized carbons (Fsp3) is 0.0667. The summed E-state index contributed by atoms with van der Waals surface area (Å²) in [6, 6.07) is 12.2. The summed E-state index contributed by atoms with van der Waals surface area (Å²) in [6.45, 7) is 1.56. The number of hydrogen-bond donors (Lipinski definition) is 0. The smallest absolute Gasteiger partial charge is 0.159 e. The standard InChI is InChI=1S/C8H8O.C7H3Cl3O/c1-7(9)8-5-3-2-4-6-8;8-4-1-6(9)5(3-11)7(10)2-4/h2-6H,1H3;1-3H. The molecule has 0 atom stereocenters. The first kappa shape index (κ1) is 16.7. The highest BCUT2D eigenvalue weighted by Gasteiger charge is 2.05. The number of aldehydes is 1. The SMILES string of the molecule is CC(=O)c1ccccc1.O=Cc1c(Cl)cc(Cl)cc1Cl. The number of carbonyl (C=O) groups excluding carboxylic acids is 2. The van der Waals surface area contributed by atoms with Crippen molar-refractivity contribution in [3.63, 3.8) is 0 Å². The molecule has 0 aliphatic rings. The lowest BCUT2D eigenvalue weighted by atomic mass is 10.2. The molecule has 0 heterocycles. The summed E-state index contributed by atoms with van der Waals surface area (Å²) < 4.78 is 0. The van der Waals surface area contributed by atoms with Crippen molar-refractivity contribution in [3.8, 4) is 0 Å². The van der Waals surface area contributed by atoms with E-state index in [9.17, 15) is 9.59 Å². The lowest BCUT2D eigenvalue weighted by Gasteiger charge is -1.98. The Morgan fingerprint density at radius 1 is 1.00 bits per heavy atom. The Labute approximate surface area is 132 Å². The van der Waals surface area contributed by atoms with E-state index in [0.717, 1.165) is 5.56 Å². The van der Waals surface area contributed by atoms with Gasteiger partial charge in [-0.2, -0.15) is 0 Å². The largest absolute Gasteiger partial charge is 0.298 e. The van der Waals surface area contributed by atoms with Crippen molar-refractivity contribution in [1.82, 2.24) is 0 Å². The zero-order valence-electron chi connectivity index (χ0n) is 10.6. The van der Waals surface area contributed by atoms with E-state index in [1.807, 2.05) is 30.3 Å². The second kappa shape index (κ2) is 8.05. The topological polar surface area (TPSA) is 34.1 Å². The molecule has 2 aromatic carbocycles. The van der Waals surface area contributed by atoms with Gasteiger partial charge in [-0.15, -0.1) is 0 Å². The average molecular weight is 330 g/mol. The lowest BCUT2D eigenvalue weighted by Crippen LogP contribution is -1.88. The van der Waals surface area contributed by atoms with Gasteiger partial charge < -0.3 is 0 Å². The van der Waals surface area contributed by atoms with Crippen LogP contribution in [0, 0.1) is 0 Å². The van der Waals surface area contributed by atoms with Crippen LogP contribution in [-0.4, -0.2) is 12.1 Å². The lowest BCUT2D eigenvalue weighted by molar-refractivity contribution is 0.101. The summed E-state index contributed by atoms with van der Waals surface area (Å²) in [5, 5.41) is 0.973. The van der Waals surface area contributed by atoms with E-state index >= 15 is 0 Å². The van der Waals surface area contributed by atoms with Crippen molar-refractivity contribution in [3.05, 3.63) is 68.7 Å². The second-order valence-electron chi connectivity index (χ2n) is 3.82. The van der Waals surface area contributed by atoms with E-state index in [4.69, 9.17) is 34.8 Å². The number of hydrogen-bond acceptors (Lipinski definition) is 2. The number of Topliss-reactive ketones (excluding diaryl/α,β-unsaturated/α-hetero) is 1. The number of rotatable bonds is 2. The van der Waals surface area contributed by atoms with Crippen molar-refractivity contribution in [2.24, 2.45) is 0 Å². The molecule has 5 heteroatoms. The number of ketones is 1. The summed E-state index contributed by atoms with van der Waals surface area (Å²) in [5.41, 5.74) is 1.05. The molecule has 0 saturated carbocycles. The van der Waals surface area contributed by atoms with Gasteiger partial charge in [-0.1, -0.05) is 65.1 Å². The molecule has 0 aliphatic heterocycles. The van der Waals surface area contributed by atoms with Gasteiger partial charge in [0, 0.05) is 10.6 Å².